The summed E-state index contributed by atoms with van der Waals surface area (Å²) < 4.78 is 11.1. The Kier molecular flexibility index (Phi) is 8.98. The van der Waals surface area contributed by atoms with Gasteiger partial charge in [-0.1, -0.05) is 46.4 Å². The Morgan fingerprint density at radius 3 is 2.30 bits per heavy atom. The van der Waals surface area contributed by atoms with Crippen molar-refractivity contribution < 1.29 is 9.47 Å². The summed E-state index contributed by atoms with van der Waals surface area (Å²) in [4.78, 5) is 0. The second-order valence-electron chi connectivity index (χ2n) is 3.80. The molecule has 0 saturated heterocycles. The minimum absolute atomic E-state index is 0.145. The maximum absolute atomic E-state index is 6.12. The van der Waals surface area contributed by atoms with E-state index in [-0.39, 0.29) is 11.1 Å². The Balaban J connectivity index is 2.63. The first-order valence-corrected chi connectivity index (χ1v) is 8.05. The van der Waals surface area contributed by atoms with E-state index in [1.807, 2.05) is 0 Å². The molecule has 0 aromatic heterocycles. The topological polar surface area (TPSA) is 18.5 Å². The molecule has 1 aromatic rings. The highest BCUT2D eigenvalue weighted by molar-refractivity contribution is 7.80. The van der Waals surface area contributed by atoms with Crippen molar-refractivity contribution >= 4 is 59.0 Å². The van der Waals surface area contributed by atoms with Gasteiger partial charge in [0.05, 0.1) is 16.7 Å². The third kappa shape index (κ3) is 6.68. The van der Waals surface area contributed by atoms with Crippen LogP contribution >= 0.6 is 59.0 Å². The Morgan fingerprint density at radius 2 is 1.75 bits per heavy atom. The summed E-state index contributed by atoms with van der Waals surface area (Å²) in [6, 6.07) is 3.27. The fraction of sp³-hybridized carbons (Fsp3) is 0.385. The first kappa shape index (κ1) is 18.1. The summed E-state index contributed by atoms with van der Waals surface area (Å²) >= 11 is 27.3. The monoisotopic (exact) mass is 374 g/mol. The van der Waals surface area contributed by atoms with Gasteiger partial charge >= 0.3 is 0 Å². The minimum Gasteiger partial charge on any atom is -0.490 e. The van der Waals surface area contributed by atoms with Gasteiger partial charge in [-0.2, -0.15) is 12.6 Å². The average Bonchev–Trinajstić information content (AvgIpc) is 2.36. The van der Waals surface area contributed by atoms with Gasteiger partial charge in [0, 0.05) is 12.1 Å². The van der Waals surface area contributed by atoms with E-state index in [9.17, 15) is 0 Å². The molecular formula is C13H14Cl4O2S. The van der Waals surface area contributed by atoms with Crippen molar-refractivity contribution in [1.82, 2.24) is 0 Å². The fourth-order valence-electron chi connectivity index (χ4n) is 1.35. The van der Waals surface area contributed by atoms with E-state index in [2.05, 4.69) is 12.6 Å². The van der Waals surface area contributed by atoms with E-state index in [1.165, 1.54) is 6.08 Å². The Hall–Kier alpha value is 0.0700. The summed E-state index contributed by atoms with van der Waals surface area (Å²) in [6.07, 6.45) is 3.39. The number of unbranched alkanes of at least 4 members (excludes halogenated alkanes) is 1. The van der Waals surface area contributed by atoms with Crippen LogP contribution < -0.4 is 9.47 Å². The van der Waals surface area contributed by atoms with Crippen LogP contribution in [0.15, 0.2) is 22.7 Å². The second kappa shape index (κ2) is 9.91. The largest absolute Gasteiger partial charge is 0.490 e. The Morgan fingerprint density at radius 1 is 1.10 bits per heavy atom. The van der Waals surface area contributed by atoms with Gasteiger partial charge in [-0.15, -0.1) is 0 Å². The van der Waals surface area contributed by atoms with Crippen LogP contribution in [0.1, 0.15) is 12.8 Å². The van der Waals surface area contributed by atoms with Crippen LogP contribution in [0, 0.1) is 0 Å². The Bertz CT molecular complexity index is 439. The number of benzene rings is 1. The van der Waals surface area contributed by atoms with E-state index in [0.29, 0.717) is 28.2 Å². The minimum atomic E-state index is 0.145. The van der Waals surface area contributed by atoms with Crippen molar-refractivity contribution in [3.05, 3.63) is 32.7 Å². The maximum atomic E-state index is 6.12. The van der Waals surface area contributed by atoms with E-state index in [1.54, 1.807) is 12.1 Å². The summed E-state index contributed by atoms with van der Waals surface area (Å²) in [7, 11) is 0. The molecule has 0 heterocycles. The number of rotatable bonds is 8. The molecule has 0 amide bonds. The van der Waals surface area contributed by atoms with Gasteiger partial charge < -0.3 is 9.47 Å². The lowest BCUT2D eigenvalue weighted by molar-refractivity contribution is 0.309. The SMILES string of the molecule is SCCCCOc1c(Cl)cc(OCC=C(Cl)Cl)cc1Cl. The lowest BCUT2D eigenvalue weighted by Crippen LogP contribution is -2.00. The maximum Gasteiger partial charge on any atom is 0.156 e. The number of thiol groups is 1. The highest BCUT2D eigenvalue weighted by Gasteiger charge is 2.10. The van der Waals surface area contributed by atoms with Crippen molar-refractivity contribution in [2.24, 2.45) is 0 Å². The van der Waals surface area contributed by atoms with Crippen LogP contribution in [0.25, 0.3) is 0 Å². The molecular weight excluding hydrogens is 362 g/mol. The first-order valence-electron chi connectivity index (χ1n) is 5.91. The third-order valence-corrected chi connectivity index (χ3v) is 3.44. The lowest BCUT2D eigenvalue weighted by atomic mass is 10.3. The molecule has 0 aliphatic rings. The molecule has 2 nitrogen and oxygen atoms in total. The van der Waals surface area contributed by atoms with Crippen LogP contribution in [0.5, 0.6) is 11.5 Å². The molecule has 0 fully saturated rings. The predicted molar refractivity (Wildman–Crippen MR) is 90.3 cm³/mol. The average molecular weight is 376 g/mol. The molecule has 0 atom stereocenters. The number of halogens is 4. The van der Waals surface area contributed by atoms with Gasteiger partial charge in [0.1, 0.15) is 16.8 Å². The standard InChI is InChI=1S/C13H14Cl4O2S/c14-10-7-9(18-5-3-12(16)17)8-11(15)13(10)19-4-1-2-6-20/h3,7-8,20H,1-2,4-6H2. The van der Waals surface area contributed by atoms with E-state index in [0.717, 1.165) is 18.6 Å². The molecule has 0 radical (unpaired) electrons. The molecule has 7 heteroatoms. The van der Waals surface area contributed by atoms with Crippen molar-refractivity contribution in [2.45, 2.75) is 12.8 Å². The van der Waals surface area contributed by atoms with E-state index < -0.39 is 0 Å². The van der Waals surface area contributed by atoms with Gasteiger partial charge in [-0.3, -0.25) is 0 Å². The van der Waals surface area contributed by atoms with Gasteiger partial charge in [0.15, 0.2) is 5.75 Å². The number of ether oxygens (including phenoxy) is 2. The van der Waals surface area contributed by atoms with Gasteiger partial charge in [-0.05, 0) is 24.7 Å². The summed E-state index contributed by atoms with van der Waals surface area (Å²) in [5.41, 5.74) is 0. The highest BCUT2D eigenvalue weighted by Crippen LogP contribution is 2.37. The van der Waals surface area contributed by atoms with Crippen LogP contribution in [-0.4, -0.2) is 19.0 Å². The number of hydrogen-bond donors (Lipinski definition) is 1. The quantitative estimate of drug-likeness (QED) is 0.458. The molecule has 0 aliphatic carbocycles. The Labute approximate surface area is 144 Å². The molecule has 112 valence electrons. The van der Waals surface area contributed by atoms with Crippen LogP contribution in [0.4, 0.5) is 0 Å². The zero-order chi connectivity index (χ0) is 15.0. The fourth-order valence-corrected chi connectivity index (χ4v) is 2.27. The lowest BCUT2D eigenvalue weighted by Gasteiger charge is -2.12. The molecule has 0 unspecified atom stereocenters. The highest BCUT2D eigenvalue weighted by atomic mass is 35.5. The third-order valence-electron chi connectivity index (χ3n) is 2.26. The predicted octanol–water partition coefficient (Wildman–Crippen LogP) is 5.78. The summed E-state index contributed by atoms with van der Waals surface area (Å²) in [6.45, 7) is 0.780. The normalized spacial score (nSPS) is 10.2. The molecule has 0 spiro atoms. The van der Waals surface area contributed by atoms with Gasteiger partial charge in [0.25, 0.3) is 0 Å². The molecule has 0 saturated carbocycles. The van der Waals surface area contributed by atoms with Crippen molar-refractivity contribution in [3.63, 3.8) is 0 Å². The molecule has 1 rings (SSSR count). The van der Waals surface area contributed by atoms with Crippen LogP contribution in [-0.2, 0) is 0 Å². The molecule has 0 aliphatic heterocycles. The van der Waals surface area contributed by atoms with E-state index >= 15 is 0 Å². The van der Waals surface area contributed by atoms with Crippen LogP contribution in [0.3, 0.4) is 0 Å². The molecule has 20 heavy (non-hydrogen) atoms. The molecule has 0 N–H and O–H groups in total. The molecule has 1 aromatic carbocycles. The van der Waals surface area contributed by atoms with Crippen molar-refractivity contribution in [3.8, 4) is 11.5 Å². The zero-order valence-corrected chi connectivity index (χ0v) is 14.5. The first-order chi connectivity index (χ1) is 9.54. The van der Waals surface area contributed by atoms with Gasteiger partial charge in [-0.25, -0.2) is 0 Å². The number of hydrogen-bond acceptors (Lipinski definition) is 3. The van der Waals surface area contributed by atoms with Gasteiger partial charge in [0.2, 0.25) is 0 Å². The van der Waals surface area contributed by atoms with E-state index in [4.69, 9.17) is 55.9 Å². The second-order valence-corrected chi connectivity index (χ2v) is 6.07. The van der Waals surface area contributed by atoms with Crippen LogP contribution in [0.2, 0.25) is 10.0 Å². The summed E-state index contributed by atoms with van der Waals surface area (Å²) in [5.74, 6) is 1.81. The van der Waals surface area contributed by atoms with Crippen molar-refractivity contribution in [1.29, 1.82) is 0 Å². The summed E-state index contributed by atoms with van der Waals surface area (Å²) in [5, 5.41) is 0.804. The van der Waals surface area contributed by atoms with Crippen molar-refractivity contribution in [2.75, 3.05) is 19.0 Å². The molecule has 0 bridgehead atoms. The zero-order valence-electron chi connectivity index (χ0n) is 10.5. The smallest absolute Gasteiger partial charge is 0.156 e.